The first-order valence-electron chi connectivity index (χ1n) is 9.15. The van der Waals surface area contributed by atoms with Crippen molar-refractivity contribution in [2.45, 2.75) is 70.6 Å². The number of rotatable bonds is 3. The van der Waals surface area contributed by atoms with Crippen molar-refractivity contribution in [2.75, 3.05) is 26.2 Å². The summed E-state index contributed by atoms with van der Waals surface area (Å²) in [5, 5.41) is 0. The number of carbonyl (C=O) groups excluding carboxylic acids is 2. The van der Waals surface area contributed by atoms with Gasteiger partial charge in [-0.1, -0.05) is 0 Å². The van der Waals surface area contributed by atoms with Crippen LogP contribution in [0.2, 0.25) is 0 Å². The van der Waals surface area contributed by atoms with Crippen molar-refractivity contribution in [2.24, 2.45) is 5.92 Å². The molecule has 2 aliphatic carbocycles. The number of carbonyl (C=O) groups is 2. The van der Waals surface area contributed by atoms with E-state index >= 15 is 0 Å². The lowest BCUT2D eigenvalue weighted by atomic mass is 9.78. The summed E-state index contributed by atoms with van der Waals surface area (Å²) in [6.45, 7) is 10.5. The molecule has 3 fully saturated rings. The molecule has 3 rings (SSSR count). The molecular formula is C18H30N2O4. The molecule has 1 saturated heterocycles. The van der Waals surface area contributed by atoms with Gasteiger partial charge in [0.15, 0.2) is 0 Å². The Morgan fingerprint density at radius 1 is 1.17 bits per heavy atom. The Kier molecular flexibility index (Phi) is 4.53. The molecule has 0 aromatic carbocycles. The van der Waals surface area contributed by atoms with E-state index in [-0.39, 0.29) is 23.5 Å². The van der Waals surface area contributed by atoms with Crippen LogP contribution in [0.25, 0.3) is 0 Å². The smallest absolute Gasteiger partial charge is 0.410 e. The summed E-state index contributed by atoms with van der Waals surface area (Å²) in [4.78, 5) is 28.6. The van der Waals surface area contributed by atoms with E-state index < -0.39 is 5.60 Å². The van der Waals surface area contributed by atoms with Gasteiger partial charge in [0.1, 0.15) is 5.60 Å². The van der Waals surface area contributed by atoms with Gasteiger partial charge in [-0.05, 0) is 53.4 Å². The minimum atomic E-state index is -0.453. The standard InChI is InChI=1S/C18H30N2O4/c1-5-23-15(21)13-10-14(11-13)19-8-9-20(18(12-19)6-7-18)16(22)24-17(2,3)4/h13-14H,5-12H2,1-4H3. The first-order chi connectivity index (χ1) is 11.2. The molecule has 2 saturated carbocycles. The fourth-order valence-electron chi connectivity index (χ4n) is 3.83. The molecule has 0 aromatic rings. The number of esters is 1. The van der Waals surface area contributed by atoms with E-state index in [1.807, 2.05) is 32.6 Å². The van der Waals surface area contributed by atoms with Gasteiger partial charge >= 0.3 is 12.1 Å². The predicted octanol–water partition coefficient (Wildman–Crippen LogP) is 2.41. The zero-order valence-corrected chi connectivity index (χ0v) is 15.3. The quantitative estimate of drug-likeness (QED) is 0.740. The molecule has 136 valence electrons. The first-order valence-corrected chi connectivity index (χ1v) is 9.15. The fourth-order valence-corrected chi connectivity index (χ4v) is 3.83. The van der Waals surface area contributed by atoms with Crippen LogP contribution < -0.4 is 0 Å². The normalized spacial score (nSPS) is 29.1. The molecule has 1 spiro atoms. The Morgan fingerprint density at radius 3 is 2.38 bits per heavy atom. The van der Waals surface area contributed by atoms with E-state index in [9.17, 15) is 9.59 Å². The molecule has 0 unspecified atom stereocenters. The van der Waals surface area contributed by atoms with Crippen molar-refractivity contribution in [1.29, 1.82) is 0 Å². The molecule has 0 aromatic heterocycles. The van der Waals surface area contributed by atoms with Crippen molar-refractivity contribution >= 4 is 12.1 Å². The van der Waals surface area contributed by atoms with Crippen LogP contribution in [0.4, 0.5) is 4.79 Å². The number of nitrogens with zero attached hydrogens (tertiary/aromatic N) is 2. The number of piperazine rings is 1. The summed E-state index contributed by atoms with van der Waals surface area (Å²) < 4.78 is 10.7. The van der Waals surface area contributed by atoms with Crippen molar-refractivity contribution in [3.63, 3.8) is 0 Å². The molecule has 0 atom stereocenters. The molecule has 0 N–H and O–H groups in total. The maximum Gasteiger partial charge on any atom is 0.410 e. The molecule has 1 heterocycles. The highest BCUT2D eigenvalue weighted by Crippen LogP contribution is 2.47. The van der Waals surface area contributed by atoms with Crippen LogP contribution in [-0.4, -0.2) is 65.3 Å². The van der Waals surface area contributed by atoms with Crippen molar-refractivity contribution in [3.05, 3.63) is 0 Å². The minimum Gasteiger partial charge on any atom is -0.466 e. The Morgan fingerprint density at radius 2 is 1.83 bits per heavy atom. The monoisotopic (exact) mass is 338 g/mol. The third kappa shape index (κ3) is 3.53. The van der Waals surface area contributed by atoms with Gasteiger partial charge in [0.25, 0.3) is 0 Å². The Hall–Kier alpha value is -1.30. The fraction of sp³-hybridized carbons (Fsp3) is 0.889. The van der Waals surface area contributed by atoms with E-state index in [1.165, 1.54) is 0 Å². The van der Waals surface area contributed by atoms with Crippen LogP contribution in [0.15, 0.2) is 0 Å². The van der Waals surface area contributed by atoms with Gasteiger partial charge in [0.2, 0.25) is 0 Å². The van der Waals surface area contributed by atoms with Crippen LogP contribution in [0.5, 0.6) is 0 Å². The van der Waals surface area contributed by atoms with Crippen LogP contribution in [0, 0.1) is 5.92 Å². The van der Waals surface area contributed by atoms with Crippen LogP contribution in [0.1, 0.15) is 53.4 Å². The second-order valence-corrected chi connectivity index (χ2v) is 8.40. The van der Waals surface area contributed by atoms with Crippen molar-refractivity contribution < 1.29 is 19.1 Å². The lowest BCUT2D eigenvalue weighted by Crippen LogP contribution is -2.61. The second-order valence-electron chi connectivity index (χ2n) is 8.40. The SMILES string of the molecule is CCOC(=O)C1CC(N2CCN(C(=O)OC(C)(C)C)C3(CC3)C2)C1. The average molecular weight is 338 g/mol. The predicted molar refractivity (Wildman–Crippen MR) is 89.6 cm³/mol. The number of hydrogen-bond acceptors (Lipinski definition) is 5. The topological polar surface area (TPSA) is 59.1 Å². The number of ether oxygens (including phenoxy) is 2. The van der Waals surface area contributed by atoms with E-state index in [2.05, 4.69) is 4.90 Å². The zero-order valence-electron chi connectivity index (χ0n) is 15.3. The highest BCUT2D eigenvalue weighted by Gasteiger charge is 2.56. The van der Waals surface area contributed by atoms with Gasteiger partial charge in [-0.2, -0.15) is 0 Å². The van der Waals surface area contributed by atoms with Gasteiger partial charge < -0.3 is 9.47 Å². The zero-order chi connectivity index (χ0) is 17.5. The highest BCUT2D eigenvalue weighted by atomic mass is 16.6. The largest absolute Gasteiger partial charge is 0.466 e. The molecule has 6 heteroatoms. The third-order valence-corrected chi connectivity index (χ3v) is 5.37. The van der Waals surface area contributed by atoms with Gasteiger partial charge in [-0.25, -0.2) is 4.79 Å². The van der Waals surface area contributed by atoms with E-state index in [0.29, 0.717) is 12.6 Å². The highest BCUT2D eigenvalue weighted by molar-refractivity contribution is 5.73. The van der Waals surface area contributed by atoms with Gasteiger partial charge in [0.05, 0.1) is 18.1 Å². The average Bonchev–Trinajstić information content (AvgIpc) is 3.15. The molecule has 1 amide bonds. The summed E-state index contributed by atoms with van der Waals surface area (Å²) in [5.74, 6) is 0.0104. The molecule has 6 nitrogen and oxygen atoms in total. The molecule has 0 radical (unpaired) electrons. The summed E-state index contributed by atoms with van der Waals surface area (Å²) in [6.07, 6.45) is 3.70. The number of amides is 1. The van der Waals surface area contributed by atoms with Gasteiger partial charge in [-0.3, -0.25) is 14.6 Å². The third-order valence-electron chi connectivity index (χ3n) is 5.37. The Balaban J connectivity index is 1.52. The van der Waals surface area contributed by atoms with E-state index in [4.69, 9.17) is 9.47 Å². The van der Waals surface area contributed by atoms with Gasteiger partial charge in [-0.15, -0.1) is 0 Å². The maximum absolute atomic E-state index is 12.5. The van der Waals surface area contributed by atoms with Crippen LogP contribution in [0.3, 0.4) is 0 Å². The number of hydrogen-bond donors (Lipinski definition) is 0. The first kappa shape index (κ1) is 17.5. The summed E-state index contributed by atoms with van der Waals surface area (Å²) in [6, 6.07) is 0.456. The molecule has 0 bridgehead atoms. The molecule has 1 aliphatic heterocycles. The van der Waals surface area contributed by atoms with Gasteiger partial charge in [0, 0.05) is 25.7 Å². The van der Waals surface area contributed by atoms with Crippen molar-refractivity contribution in [3.8, 4) is 0 Å². The molecule has 3 aliphatic rings. The van der Waals surface area contributed by atoms with E-state index in [0.717, 1.165) is 45.3 Å². The lowest BCUT2D eigenvalue weighted by Gasteiger charge is -2.49. The molecular weight excluding hydrogens is 308 g/mol. The maximum atomic E-state index is 12.5. The Labute approximate surface area is 144 Å². The Bertz CT molecular complexity index is 504. The summed E-state index contributed by atoms with van der Waals surface area (Å²) in [7, 11) is 0. The van der Waals surface area contributed by atoms with Crippen molar-refractivity contribution in [1.82, 2.24) is 9.80 Å². The minimum absolute atomic E-state index is 0.0321. The molecule has 24 heavy (non-hydrogen) atoms. The summed E-state index contributed by atoms with van der Waals surface area (Å²) >= 11 is 0. The summed E-state index contributed by atoms with van der Waals surface area (Å²) in [5.41, 5.74) is -0.485. The van der Waals surface area contributed by atoms with E-state index in [1.54, 1.807) is 0 Å². The second kappa shape index (κ2) is 6.21. The van der Waals surface area contributed by atoms with Crippen LogP contribution in [-0.2, 0) is 14.3 Å². The lowest BCUT2D eigenvalue weighted by molar-refractivity contribution is -0.154. The van der Waals surface area contributed by atoms with Crippen LogP contribution >= 0.6 is 0 Å².